The van der Waals surface area contributed by atoms with Gasteiger partial charge in [-0.2, -0.15) is 11.8 Å². The fourth-order valence-corrected chi connectivity index (χ4v) is 4.60. The van der Waals surface area contributed by atoms with Crippen LogP contribution in [0.15, 0.2) is 0 Å². The van der Waals surface area contributed by atoms with Crippen LogP contribution in [0.1, 0.15) is 58.3 Å². The van der Waals surface area contributed by atoms with Gasteiger partial charge in [-0.3, -0.25) is 0 Å². The number of thioether (sulfide) groups is 1. The predicted octanol–water partition coefficient (Wildman–Crippen LogP) is 2.68. The Kier molecular flexibility index (Phi) is 10.9. The molecule has 136 valence electrons. The lowest BCUT2D eigenvalue weighted by molar-refractivity contribution is -0.142. The fourth-order valence-electron chi connectivity index (χ4n) is 3.10. The van der Waals surface area contributed by atoms with E-state index in [9.17, 15) is 15.0 Å². The van der Waals surface area contributed by atoms with Gasteiger partial charge < -0.3 is 20.1 Å². The molecule has 0 aromatic heterocycles. The molecule has 23 heavy (non-hydrogen) atoms. The van der Waals surface area contributed by atoms with Crippen molar-refractivity contribution in [1.29, 1.82) is 0 Å². The van der Waals surface area contributed by atoms with Gasteiger partial charge in [-0.1, -0.05) is 26.2 Å². The van der Waals surface area contributed by atoms with E-state index in [-0.39, 0.29) is 24.7 Å². The molecule has 6 heteroatoms. The molecule has 0 heterocycles. The van der Waals surface area contributed by atoms with Gasteiger partial charge in [0, 0.05) is 17.6 Å². The maximum Gasteiger partial charge on any atom is 0.329 e. The fraction of sp³-hybridized carbons (Fsp3) is 0.941. The van der Waals surface area contributed by atoms with Crippen molar-refractivity contribution in [2.24, 2.45) is 5.92 Å². The molecular weight excluding hydrogens is 316 g/mol. The number of unbranched alkanes of at least 4 members (excludes halogenated alkanes) is 2. The average molecular weight is 349 g/mol. The summed E-state index contributed by atoms with van der Waals surface area (Å²) in [6.07, 6.45) is 7.15. The van der Waals surface area contributed by atoms with Crippen molar-refractivity contribution in [2.75, 3.05) is 19.0 Å². The van der Waals surface area contributed by atoms with Crippen LogP contribution in [-0.4, -0.2) is 57.7 Å². The third-order valence-electron chi connectivity index (χ3n) is 4.41. The minimum atomic E-state index is -0.936. The van der Waals surface area contributed by atoms with E-state index in [0.29, 0.717) is 11.9 Å². The molecule has 4 atom stereocenters. The van der Waals surface area contributed by atoms with Gasteiger partial charge in [-0.05, 0) is 38.0 Å². The van der Waals surface area contributed by atoms with E-state index in [0.717, 1.165) is 57.1 Å². The summed E-state index contributed by atoms with van der Waals surface area (Å²) in [6, 6.07) is 0. The van der Waals surface area contributed by atoms with E-state index < -0.39 is 5.97 Å². The second kappa shape index (κ2) is 12.1. The largest absolute Gasteiger partial charge is 0.480 e. The lowest BCUT2D eigenvalue weighted by Gasteiger charge is -2.23. The maximum absolute atomic E-state index is 10.3. The summed E-state index contributed by atoms with van der Waals surface area (Å²) in [4.78, 5) is 10.3. The van der Waals surface area contributed by atoms with E-state index in [4.69, 9.17) is 9.84 Å². The van der Waals surface area contributed by atoms with Crippen molar-refractivity contribution >= 4 is 17.7 Å². The normalized spacial score (nSPS) is 25.6. The Morgan fingerprint density at radius 1 is 1.30 bits per heavy atom. The number of carbonyl (C=O) groups is 1. The minimum absolute atomic E-state index is 0.234. The summed E-state index contributed by atoms with van der Waals surface area (Å²) in [5.41, 5.74) is 0. The molecule has 1 rings (SSSR count). The first-order chi connectivity index (χ1) is 11.0. The Hall–Kier alpha value is -0.300. The molecule has 0 saturated heterocycles. The van der Waals surface area contributed by atoms with Crippen LogP contribution in [0.3, 0.4) is 0 Å². The Bertz CT molecular complexity index is 326. The van der Waals surface area contributed by atoms with Crippen LogP contribution in [0, 0.1) is 5.92 Å². The standard InChI is InChI=1S/C17H32O5S/c1-2-3-6-13(18)12-23-16-9-8-15(19)14(16)7-4-5-10-22-11-17(20)21/h13-16,18-19H,2-12H2,1H3,(H,20,21). The van der Waals surface area contributed by atoms with Gasteiger partial charge in [0.15, 0.2) is 0 Å². The topological polar surface area (TPSA) is 87.0 Å². The molecule has 0 aromatic rings. The first-order valence-electron chi connectivity index (χ1n) is 8.81. The van der Waals surface area contributed by atoms with Crippen molar-refractivity contribution in [1.82, 2.24) is 0 Å². The molecule has 0 radical (unpaired) electrons. The number of rotatable bonds is 13. The first-order valence-corrected chi connectivity index (χ1v) is 9.86. The molecule has 0 spiro atoms. The highest BCUT2D eigenvalue weighted by molar-refractivity contribution is 7.99. The SMILES string of the molecule is CCCCC(O)CSC1CCC(O)C1CCCCOCC(=O)O. The number of aliphatic hydroxyl groups is 2. The zero-order valence-corrected chi connectivity index (χ0v) is 15.0. The molecule has 1 aliphatic rings. The molecule has 4 unspecified atom stereocenters. The van der Waals surface area contributed by atoms with Crippen molar-refractivity contribution in [2.45, 2.75) is 75.7 Å². The van der Waals surface area contributed by atoms with E-state index >= 15 is 0 Å². The molecule has 0 aromatic carbocycles. The van der Waals surface area contributed by atoms with E-state index in [1.807, 2.05) is 11.8 Å². The number of aliphatic carboxylic acids is 1. The highest BCUT2D eigenvalue weighted by atomic mass is 32.2. The van der Waals surface area contributed by atoms with Crippen molar-refractivity contribution < 1.29 is 24.9 Å². The number of carboxylic acid groups (broad SMARTS) is 1. The quantitative estimate of drug-likeness (QED) is 0.444. The van der Waals surface area contributed by atoms with E-state index in [1.54, 1.807) is 0 Å². The monoisotopic (exact) mass is 348 g/mol. The lowest BCUT2D eigenvalue weighted by atomic mass is 9.98. The van der Waals surface area contributed by atoms with Gasteiger partial charge in [0.05, 0.1) is 12.2 Å². The number of hydrogen-bond donors (Lipinski definition) is 3. The molecule has 0 amide bonds. The van der Waals surface area contributed by atoms with Gasteiger partial charge in [-0.25, -0.2) is 4.79 Å². The minimum Gasteiger partial charge on any atom is -0.480 e. The van der Waals surface area contributed by atoms with E-state index in [2.05, 4.69) is 6.92 Å². The van der Waals surface area contributed by atoms with Crippen molar-refractivity contribution in [3.63, 3.8) is 0 Å². The van der Waals surface area contributed by atoms with Crippen LogP contribution in [0.5, 0.6) is 0 Å². The van der Waals surface area contributed by atoms with Crippen LogP contribution in [0.4, 0.5) is 0 Å². The molecule has 5 nitrogen and oxygen atoms in total. The summed E-state index contributed by atoms with van der Waals surface area (Å²) in [6.45, 7) is 2.35. The van der Waals surface area contributed by atoms with Crippen molar-refractivity contribution in [3.8, 4) is 0 Å². The van der Waals surface area contributed by atoms with Gasteiger partial charge >= 0.3 is 5.97 Å². The average Bonchev–Trinajstić information content (AvgIpc) is 2.86. The maximum atomic E-state index is 10.3. The van der Waals surface area contributed by atoms with Crippen LogP contribution < -0.4 is 0 Å². The molecule has 1 fully saturated rings. The number of aliphatic hydroxyl groups excluding tert-OH is 2. The molecule has 1 saturated carbocycles. The molecule has 1 aliphatic carbocycles. The van der Waals surface area contributed by atoms with Crippen LogP contribution in [-0.2, 0) is 9.53 Å². The zero-order chi connectivity index (χ0) is 17.1. The van der Waals surface area contributed by atoms with Crippen LogP contribution in [0.25, 0.3) is 0 Å². The van der Waals surface area contributed by atoms with E-state index in [1.165, 1.54) is 0 Å². The Morgan fingerprint density at radius 3 is 2.78 bits per heavy atom. The summed E-state index contributed by atoms with van der Waals surface area (Å²) < 4.78 is 5.03. The molecule has 0 bridgehead atoms. The first kappa shape index (κ1) is 20.7. The van der Waals surface area contributed by atoms with Crippen LogP contribution >= 0.6 is 11.8 Å². The Morgan fingerprint density at radius 2 is 2.09 bits per heavy atom. The highest BCUT2D eigenvalue weighted by Crippen LogP contribution is 2.38. The third-order valence-corrected chi connectivity index (χ3v) is 6.00. The Balaban J connectivity index is 2.19. The lowest BCUT2D eigenvalue weighted by Crippen LogP contribution is -2.23. The highest BCUT2D eigenvalue weighted by Gasteiger charge is 2.34. The van der Waals surface area contributed by atoms with Crippen LogP contribution in [0.2, 0.25) is 0 Å². The number of hydrogen-bond acceptors (Lipinski definition) is 5. The van der Waals surface area contributed by atoms with Gasteiger partial charge in [0.25, 0.3) is 0 Å². The summed E-state index contributed by atoms with van der Waals surface area (Å²) in [5.74, 6) is 0.113. The van der Waals surface area contributed by atoms with Gasteiger partial charge in [0.2, 0.25) is 0 Å². The smallest absolute Gasteiger partial charge is 0.329 e. The zero-order valence-electron chi connectivity index (χ0n) is 14.2. The predicted molar refractivity (Wildman–Crippen MR) is 92.8 cm³/mol. The van der Waals surface area contributed by atoms with Gasteiger partial charge in [-0.15, -0.1) is 0 Å². The second-order valence-corrected chi connectivity index (χ2v) is 7.69. The Labute approximate surface area is 143 Å². The third kappa shape index (κ3) is 8.94. The number of carboxylic acids is 1. The van der Waals surface area contributed by atoms with Crippen molar-refractivity contribution in [3.05, 3.63) is 0 Å². The van der Waals surface area contributed by atoms with Gasteiger partial charge in [0.1, 0.15) is 6.61 Å². The molecule has 0 aliphatic heterocycles. The molecule has 3 N–H and O–H groups in total. The summed E-state index contributed by atoms with van der Waals surface area (Å²) in [7, 11) is 0. The summed E-state index contributed by atoms with van der Waals surface area (Å²) >= 11 is 1.81. The second-order valence-electron chi connectivity index (χ2n) is 6.42. The number of ether oxygens (including phenoxy) is 1. The summed E-state index contributed by atoms with van der Waals surface area (Å²) in [5, 5.41) is 29.0. The molecular formula is C17H32O5S.